The Morgan fingerprint density at radius 2 is 1.89 bits per heavy atom. The van der Waals surface area contributed by atoms with E-state index in [1.165, 1.54) is 44.1 Å². The third kappa shape index (κ3) is 7.84. The number of ether oxygens (including phenoxy) is 1. The maximum absolute atomic E-state index is 5.23. The van der Waals surface area contributed by atoms with Crippen LogP contribution in [0.1, 0.15) is 51.0 Å². The average molecular weight is 260 g/mol. The zero-order valence-corrected chi connectivity index (χ0v) is 12.5. The van der Waals surface area contributed by atoms with E-state index >= 15 is 0 Å². The van der Waals surface area contributed by atoms with Gasteiger partial charge in [-0.15, -0.1) is 0 Å². The highest BCUT2D eigenvalue weighted by atomic mass is 16.5. The number of methoxy groups -OCH3 is 1. The van der Waals surface area contributed by atoms with Crippen molar-refractivity contribution < 1.29 is 4.74 Å². The maximum atomic E-state index is 5.23. The van der Waals surface area contributed by atoms with Gasteiger partial charge >= 0.3 is 0 Å². The van der Waals surface area contributed by atoms with Crippen molar-refractivity contribution in [3.63, 3.8) is 0 Å². The average Bonchev–Trinajstić information content (AvgIpc) is 2.46. The highest BCUT2D eigenvalue weighted by Crippen LogP contribution is 2.14. The second-order valence-electron chi connectivity index (χ2n) is 5.18. The minimum Gasteiger partial charge on any atom is -0.384 e. The van der Waals surface area contributed by atoms with Crippen LogP contribution in [-0.2, 0) is 4.74 Å². The number of allylic oxidation sites excluding steroid dienone is 1. The molecule has 1 unspecified atom stereocenters. The van der Waals surface area contributed by atoms with Gasteiger partial charge in [0, 0.05) is 13.7 Å². The highest BCUT2D eigenvalue weighted by Gasteiger charge is 2.04. The van der Waals surface area contributed by atoms with Crippen molar-refractivity contribution in [2.75, 3.05) is 13.7 Å². The van der Waals surface area contributed by atoms with E-state index in [1.807, 2.05) is 0 Å². The lowest BCUT2D eigenvalue weighted by Crippen LogP contribution is -2.06. The van der Waals surface area contributed by atoms with E-state index in [4.69, 9.17) is 4.74 Å². The second kappa shape index (κ2) is 10.8. The summed E-state index contributed by atoms with van der Waals surface area (Å²) in [6.45, 7) is 3.18. The number of unbranched alkanes of at least 4 members (excludes halogenated alkanes) is 3. The van der Waals surface area contributed by atoms with Crippen molar-refractivity contribution in [2.24, 2.45) is 5.92 Å². The Morgan fingerprint density at radius 3 is 2.58 bits per heavy atom. The molecule has 1 aromatic rings. The molecular formula is C18H28O. The molecule has 1 aromatic carbocycles. The third-order valence-corrected chi connectivity index (χ3v) is 3.57. The first-order chi connectivity index (χ1) is 9.36. The highest BCUT2D eigenvalue weighted by molar-refractivity contribution is 5.48. The van der Waals surface area contributed by atoms with Gasteiger partial charge in [-0.05, 0) is 30.7 Å². The predicted molar refractivity (Wildman–Crippen MR) is 84.2 cm³/mol. The van der Waals surface area contributed by atoms with Gasteiger partial charge in [-0.3, -0.25) is 0 Å². The van der Waals surface area contributed by atoms with Crippen molar-refractivity contribution in [3.05, 3.63) is 42.0 Å². The molecule has 1 heteroatoms. The van der Waals surface area contributed by atoms with Gasteiger partial charge in [0.05, 0.1) is 0 Å². The second-order valence-corrected chi connectivity index (χ2v) is 5.18. The molecule has 0 heterocycles. The Morgan fingerprint density at radius 1 is 1.11 bits per heavy atom. The molecule has 106 valence electrons. The van der Waals surface area contributed by atoms with Crippen LogP contribution in [-0.4, -0.2) is 13.7 Å². The summed E-state index contributed by atoms with van der Waals surface area (Å²) in [6.07, 6.45) is 12.2. The van der Waals surface area contributed by atoms with Gasteiger partial charge in [-0.25, -0.2) is 0 Å². The van der Waals surface area contributed by atoms with Gasteiger partial charge in [-0.1, -0.05) is 68.7 Å². The Hall–Kier alpha value is -1.08. The summed E-state index contributed by atoms with van der Waals surface area (Å²) in [5, 5.41) is 0. The Kier molecular flexibility index (Phi) is 9.09. The van der Waals surface area contributed by atoms with Crippen LogP contribution in [0.25, 0.3) is 6.08 Å². The van der Waals surface area contributed by atoms with E-state index in [0.29, 0.717) is 0 Å². The molecule has 0 radical (unpaired) electrons. The summed E-state index contributed by atoms with van der Waals surface area (Å²) in [7, 11) is 1.80. The maximum Gasteiger partial charge on any atom is 0.0490 e. The molecule has 0 spiro atoms. The quantitative estimate of drug-likeness (QED) is 0.517. The molecule has 1 atom stereocenters. The van der Waals surface area contributed by atoms with E-state index in [2.05, 4.69) is 49.4 Å². The molecule has 0 amide bonds. The standard InChI is InChI=1S/C18H28O/c1-3-17(16-19-2)12-8-5-4-6-9-13-18-14-10-7-11-15-18/h7,9-11,13-15,17H,3-6,8,12,16H2,1-2H3. The number of rotatable bonds is 10. The normalized spacial score (nSPS) is 12.9. The Labute approximate surface area is 118 Å². The minimum absolute atomic E-state index is 0.755. The van der Waals surface area contributed by atoms with Crippen LogP contribution in [0.15, 0.2) is 36.4 Å². The SMILES string of the molecule is CCC(CCCCCC=Cc1ccccc1)COC. The molecule has 0 bridgehead atoms. The van der Waals surface area contributed by atoms with Gasteiger partial charge in [0.15, 0.2) is 0 Å². The molecule has 0 fully saturated rings. The third-order valence-electron chi connectivity index (χ3n) is 3.57. The molecule has 0 saturated carbocycles. The Balaban J connectivity index is 2.03. The van der Waals surface area contributed by atoms with Crippen molar-refractivity contribution in [1.29, 1.82) is 0 Å². The molecule has 0 saturated heterocycles. The van der Waals surface area contributed by atoms with Crippen molar-refractivity contribution in [2.45, 2.75) is 45.4 Å². The largest absolute Gasteiger partial charge is 0.384 e. The first-order valence-electron chi connectivity index (χ1n) is 7.57. The molecule has 0 aliphatic heterocycles. The molecule has 0 aromatic heterocycles. The summed E-state index contributed by atoms with van der Waals surface area (Å²) in [6, 6.07) is 10.5. The minimum atomic E-state index is 0.755. The van der Waals surface area contributed by atoms with Gasteiger partial charge < -0.3 is 4.74 Å². The van der Waals surface area contributed by atoms with Crippen molar-refractivity contribution >= 4 is 6.08 Å². The number of hydrogen-bond donors (Lipinski definition) is 0. The number of hydrogen-bond acceptors (Lipinski definition) is 1. The summed E-state index contributed by atoms with van der Waals surface area (Å²) < 4.78 is 5.23. The van der Waals surface area contributed by atoms with Crippen LogP contribution in [0.2, 0.25) is 0 Å². The molecule has 0 aliphatic rings. The molecule has 0 aliphatic carbocycles. The van der Waals surface area contributed by atoms with Gasteiger partial charge in [0.2, 0.25) is 0 Å². The predicted octanol–water partition coefficient (Wildman–Crippen LogP) is 5.32. The van der Waals surface area contributed by atoms with Crippen molar-refractivity contribution in [3.8, 4) is 0 Å². The van der Waals surface area contributed by atoms with Crippen LogP contribution in [0.3, 0.4) is 0 Å². The van der Waals surface area contributed by atoms with E-state index in [9.17, 15) is 0 Å². The Bertz CT molecular complexity index is 329. The van der Waals surface area contributed by atoms with Crippen LogP contribution in [0.5, 0.6) is 0 Å². The van der Waals surface area contributed by atoms with Gasteiger partial charge in [-0.2, -0.15) is 0 Å². The van der Waals surface area contributed by atoms with Gasteiger partial charge in [0.25, 0.3) is 0 Å². The van der Waals surface area contributed by atoms with E-state index in [0.717, 1.165) is 12.5 Å². The van der Waals surface area contributed by atoms with E-state index < -0.39 is 0 Å². The molecule has 1 nitrogen and oxygen atoms in total. The smallest absolute Gasteiger partial charge is 0.0490 e. The molecule has 1 rings (SSSR count). The van der Waals surface area contributed by atoms with E-state index in [-0.39, 0.29) is 0 Å². The summed E-state index contributed by atoms with van der Waals surface area (Å²) in [5.41, 5.74) is 1.30. The lowest BCUT2D eigenvalue weighted by molar-refractivity contribution is 0.144. The fraction of sp³-hybridized carbons (Fsp3) is 0.556. The lowest BCUT2D eigenvalue weighted by Gasteiger charge is -2.12. The van der Waals surface area contributed by atoms with Gasteiger partial charge in [0.1, 0.15) is 0 Å². The monoisotopic (exact) mass is 260 g/mol. The summed E-state index contributed by atoms with van der Waals surface area (Å²) in [4.78, 5) is 0. The fourth-order valence-electron chi connectivity index (χ4n) is 2.30. The van der Waals surface area contributed by atoms with Crippen LogP contribution in [0, 0.1) is 5.92 Å². The van der Waals surface area contributed by atoms with Crippen LogP contribution in [0.4, 0.5) is 0 Å². The van der Waals surface area contributed by atoms with E-state index in [1.54, 1.807) is 7.11 Å². The first kappa shape index (κ1) is 16.0. The summed E-state index contributed by atoms with van der Waals surface area (Å²) >= 11 is 0. The first-order valence-corrected chi connectivity index (χ1v) is 7.57. The molecular weight excluding hydrogens is 232 g/mol. The summed E-state index contributed by atoms with van der Waals surface area (Å²) in [5.74, 6) is 0.755. The zero-order valence-electron chi connectivity index (χ0n) is 12.5. The number of benzene rings is 1. The van der Waals surface area contributed by atoms with Crippen molar-refractivity contribution in [1.82, 2.24) is 0 Å². The lowest BCUT2D eigenvalue weighted by atomic mass is 9.99. The van der Waals surface area contributed by atoms with Crippen LogP contribution >= 0.6 is 0 Å². The fourth-order valence-corrected chi connectivity index (χ4v) is 2.30. The zero-order chi connectivity index (χ0) is 13.8. The molecule has 19 heavy (non-hydrogen) atoms. The topological polar surface area (TPSA) is 9.23 Å². The molecule has 0 N–H and O–H groups in total. The van der Waals surface area contributed by atoms with Crippen LogP contribution < -0.4 is 0 Å².